The van der Waals surface area contributed by atoms with E-state index in [1.165, 1.54) is 57.2 Å². The molecule has 1 heterocycles. The van der Waals surface area contributed by atoms with Crippen molar-refractivity contribution in [1.29, 1.82) is 0 Å². The van der Waals surface area contributed by atoms with Crippen molar-refractivity contribution in [2.75, 3.05) is 13.1 Å². The van der Waals surface area contributed by atoms with Crippen LogP contribution in [0.25, 0.3) is 0 Å². The lowest BCUT2D eigenvalue weighted by Gasteiger charge is -2.34. The first-order valence-corrected chi connectivity index (χ1v) is 7.92. The largest absolute Gasteiger partial charge is 0.310 e. The van der Waals surface area contributed by atoms with Crippen LogP contribution in [0.4, 0.5) is 0 Å². The Balaban J connectivity index is 1.50. The molecule has 2 heteroatoms. The number of hydrogen-bond acceptors (Lipinski definition) is 2. The normalized spacial score (nSPS) is 25.8. The summed E-state index contributed by atoms with van der Waals surface area (Å²) in [6.45, 7) is 3.60. The van der Waals surface area contributed by atoms with Crippen LogP contribution in [0.5, 0.6) is 0 Å². The molecular weight excluding hydrogens is 232 g/mol. The van der Waals surface area contributed by atoms with Gasteiger partial charge in [0, 0.05) is 25.2 Å². The van der Waals surface area contributed by atoms with E-state index >= 15 is 0 Å². The van der Waals surface area contributed by atoms with Crippen LogP contribution in [-0.4, -0.2) is 30.1 Å². The summed E-state index contributed by atoms with van der Waals surface area (Å²) in [5.74, 6) is 0. The molecule has 0 spiro atoms. The van der Waals surface area contributed by atoms with Gasteiger partial charge in [0.25, 0.3) is 0 Å². The van der Waals surface area contributed by atoms with Crippen molar-refractivity contribution >= 4 is 0 Å². The summed E-state index contributed by atoms with van der Waals surface area (Å²) in [6.07, 6.45) is 8.36. The zero-order chi connectivity index (χ0) is 12.9. The highest BCUT2D eigenvalue weighted by molar-refractivity contribution is 5.14. The summed E-state index contributed by atoms with van der Waals surface area (Å²) >= 11 is 0. The summed E-state index contributed by atoms with van der Waals surface area (Å²) in [6, 6.07) is 12.4. The lowest BCUT2D eigenvalue weighted by Crippen LogP contribution is -2.48. The van der Waals surface area contributed by atoms with Crippen molar-refractivity contribution in [3.8, 4) is 0 Å². The van der Waals surface area contributed by atoms with Crippen LogP contribution in [0, 0.1) is 0 Å². The maximum Gasteiger partial charge on any atom is 0.0234 e. The molecule has 19 heavy (non-hydrogen) atoms. The zero-order valence-corrected chi connectivity index (χ0v) is 11.9. The van der Waals surface area contributed by atoms with Gasteiger partial charge in [-0.25, -0.2) is 0 Å². The predicted octanol–water partition coefficient (Wildman–Crippen LogP) is 3.18. The first kappa shape index (κ1) is 13.1. The van der Waals surface area contributed by atoms with E-state index in [0.717, 1.165) is 18.6 Å². The molecule has 2 aliphatic rings. The molecule has 1 unspecified atom stereocenters. The van der Waals surface area contributed by atoms with Crippen LogP contribution in [0.15, 0.2) is 30.3 Å². The van der Waals surface area contributed by atoms with E-state index in [9.17, 15) is 0 Å². The first-order chi connectivity index (χ1) is 9.40. The van der Waals surface area contributed by atoms with Crippen LogP contribution in [0.3, 0.4) is 0 Å². The summed E-state index contributed by atoms with van der Waals surface area (Å²) in [4.78, 5) is 2.62. The average Bonchev–Trinajstić information content (AvgIpc) is 2.93. The summed E-state index contributed by atoms with van der Waals surface area (Å²) in [7, 11) is 0. The molecule has 3 rings (SSSR count). The van der Waals surface area contributed by atoms with Gasteiger partial charge in [0.05, 0.1) is 0 Å². The van der Waals surface area contributed by atoms with E-state index < -0.39 is 0 Å². The third-order valence-corrected chi connectivity index (χ3v) is 4.58. The minimum atomic E-state index is 0.723. The van der Waals surface area contributed by atoms with Crippen molar-refractivity contribution in [2.45, 2.75) is 57.2 Å². The van der Waals surface area contributed by atoms with Crippen LogP contribution in [0.1, 0.15) is 44.1 Å². The Morgan fingerprint density at radius 2 is 1.68 bits per heavy atom. The molecular formula is C17H26N2. The van der Waals surface area contributed by atoms with Gasteiger partial charge < -0.3 is 5.32 Å². The number of rotatable bonds is 4. The van der Waals surface area contributed by atoms with Gasteiger partial charge in [-0.2, -0.15) is 0 Å². The van der Waals surface area contributed by atoms with Crippen molar-refractivity contribution in [1.82, 2.24) is 10.2 Å². The van der Waals surface area contributed by atoms with Gasteiger partial charge >= 0.3 is 0 Å². The Bertz CT molecular complexity index is 370. The molecule has 0 bridgehead atoms. The molecule has 2 nitrogen and oxygen atoms in total. The molecule has 104 valence electrons. The first-order valence-electron chi connectivity index (χ1n) is 7.92. The molecule has 0 aromatic heterocycles. The minimum absolute atomic E-state index is 0.723. The van der Waals surface area contributed by atoms with Crippen LogP contribution in [0.2, 0.25) is 0 Å². The molecule has 1 saturated carbocycles. The molecule has 1 aliphatic heterocycles. The van der Waals surface area contributed by atoms with E-state index in [0.29, 0.717) is 0 Å². The molecule has 1 saturated heterocycles. The lowest BCUT2D eigenvalue weighted by atomic mass is 10.0. The predicted molar refractivity (Wildman–Crippen MR) is 80.1 cm³/mol. The van der Waals surface area contributed by atoms with Crippen molar-refractivity contribution in [2.24, 2.45) is 0 Å². The monoisotopic (exact) mass is 258 g/mol. The van der Waals surface area contributed by atoms with Crippen LogP contribution in [-0.2, 0) is 6.54 Å². The van der Waals surface area contributed by atoms with Crippen molar-refractivity contribution in [3.05, 3.63) is 35.9 Å². The standard InChI is InChI=1S/C17H26N2/c1-2-7-15(8-3-1)13-19-12-6-11-17(14-19)18-16-9-4-5-10-16/h1-3,7-8,16-18H,4-6,9-14H2. The quantitative estimate of drug-likeness (QED) is 0.892. The highest BCUT2D eigenvalue weighted by atomic mass is 15.2. The van der Waals surface area contributed by atoms with Gasteiger partial charge in [0.1, 0.15) is 0 Å². The van der Waals surface area contributed by atoms with Crippen LogP contribution < -0.4 is 5.32 Å². The molecule has 2 fully saturated rings. The fraction of sp³-hybridized carbons (Fsp3) is 0.647. The molecule has 1 aliphatic carbocycles. The third-order valence-electron chi connectivity index (χ3n) is 4.58. The summed E-state index contributed by atoms with van der Waals surface area (Å²) < 4.78 is 0. The van der Waals surface area contributed by atoms with Gasteiger partial charge in [-0.15, -0.1) is 0 Å². The highest BCUT2D eigenvalue weighted by Crippen LogP contribution is 2.21. The number of benzene rings is 1. The smallest absolute Gasteiger partial charge is 0.0234 e. The number of nitrogens with zero attached hydrogens (tertiary/aromatic N) is 1. The van der Waals surface area contributed by atoms with Gasteiger partial charge in [-0.05, 0) is 37.8 Å². The Hall–Kier alpha value is -0.860. The minimum Gasteiger partial charge on any atom is -0.310 e. The van der Waals surface area contributed by atoms with Crippen molar-refractivity contribution in [3.63, 3.8) is 0 Å². The lowest BCUT2D eigenvalue weighted by molar-refractivity contribution is 0.176. The van der Waals surface area contributed by atoms with E-state index in [4.69, 9.17) is 0 Å². The Kier molecular flexibility index (Phi) is 4.52. The average molecular weight is 258 g/mol. The number of hydrogen-bond donors (Lipinski definition) is 1. The SMILES string of the molecule is c1ccc(CN2CCCC(NC3CCCC3)C2)cc1. The second-order valence-corrected chi connectivity index (χ2v) is 6.21. The second-order valence-electron chi connectivity index (χ2n) is 6.21. The topological polar surface area (TPSA) is 15.3 Å². The molecule has 1 aromatic rings. The van der Waals surface area contributed by atoms with Gasteiger partial charge in [-0.1, -0.05) is 43.2 Å². The third kappa shape index (κ3) is 3.80. The fourth-order valence-electron chi connectivity index (χ4n) is 3.60. The van der Waals surface area contributed by atoms with E-state index in [1.807, 2.05) is 0 Å². The highest BCUT2D eigenvalue weighted by Gasteiger charge is 2.23. The molecule has 0 amide bonds. The van der Waals surface area contributed by atoms with Gasteiger partial charge in [0.15, 0.2) is 0 Å². The fourth-order valence-corrected chi connectivity index (χ4v) is 3.60. The second kappa shape index (κ2) is 6.53. The Labute approximate surface area is 117 Å². The maximum absolute atomic E-state index is 3.89. The number of likely N-dealkylation sites (tertiary alicyclic amines) is 1. The van der Waals surface area contributed by atoms with Gasteiger partial charge in [-0.3, -0.25) is 4.90 Å². The molecule has 0 radical (unpaired) electrons. The number of piperidine rings is 1. The summed E-state index contributed by atoms with van der Waals surface area (Å²) in [5.41, 5.74) is 1.45. The van der Waals surface area contributed by atoms with Crippen LogP contribution >= 0.6 is 0 Å². The zero-order valence-electron chi connectivity index (χ0n) is 11.9. The van der Waals surface area contributed by atoms with Crippen molar-refractivity contribution < 1.29 is 0 Å². The Morgan fingerprint density at radius 1 is 0.947 bits per heavy atom. The van der Waals surface area contributed by atoms with E-state index in [-0.39, 0.29) is 0 Å². The Morgan fingerprint density at radius 3 is 2.47 bits per heavy atom. The van der Waals surface area contributed by atoms with E-state index in [1.54, 1.807) is 0 Å². The number of nitrogens with one attached hydrogen (secondary N) is 1. The molecule has 1 atom stereocenters. The maximum atomic E-state index is 3.89. The molecule has 1 N–H and O–H groups in total. The van der Waals surface area contributed by atoms with Gasteiger partial charge in [0.2, 0.25) is 0 Å². The van der Waals surface area contributed by atoms with E-state index in [2.05, 4.69) is 40.5 Å². The summed E-state index contributed by atoms with van der Waals surface area (Å²) in [5, 5.41) is 3.89. The molecule has 1 aromatic carbocycles.